The fourth-order valence-corrected chi connectivity index (χ4v) is 1.80. The molecule has 1 rings (SSSR count). The van der Waals surface area contributed by atoms with E-state index < -0.39 is 0 Å². The van der Waals surface area contributed by atoms with Crippen LogP contribution in [0.2, 0.25) is 0 Å². The van der Waals surface area contributed by atoms with Gasteiger partial charge < -0.3 is 14.8 Å². The molecule has 0 radical (unpaired) electrons. The van der Waals surface area contributed by atoms with Crippen LogP contribution in [0.4, 0.5) is 0 Å². The molecule has 0 fully saturated rings. The third-order valence-electron chi connectivity index (χ3n) is 3.16. The number of ether oxygens (including phenoxy) is 2. The largest absolute Gasteiger partial charge is 0.492 e. The summed E-state index contributed by atoms with van der Waals surface area (Å²) < 4.78 is 10.4. The summed E-state index contributed by atoms with van der Waals surface area (Å²) in [5.74, 6) is 0.608. The van der Waals surface area contributed by atoms with Gasteiger partial charge >= 0.3 is 5.97 Å². The van der Waals surface area contributed by atoms with Gasteiger partial charge in [-0.1, -0.05) is 30.7 Å². The SMILES string of the molecule is CC/C(=C/CNC(C)COc1ccc(C)cc1)C(=O)OC. The van der Waals surface area contributed by atoms with Crippen LogP contribution in [-0.2, 0) is 9.53 Å². The molecule has 1 aromatic carbocycles. The minimum Gasteiger partial charge on any atom is -0.492 e. The van der Waals surface area contributed by atoms with E-state index in [2.05, 4.69) is 5.32 Å². The normalized spacial score (nSPS) is 12.9. The lowest BCUT2D eigenvalue weighted by Gasteiger charge is -2.14. The van der Waals surface area contributed by atoms with Crippen molar-refractivity contribution in [3.63, 3.8) is 0 Å². The first-order valence-corrected chi connectivity index (χ1v) is 7.27. The van der Waals surface area contributed by atoms with E-state index in [0.717, 1.165) is 5.75 Å². The molecule has 0 spiro atoms. The summed E-state index contributed by atoms with van der Waals surface area (Å²) in [5.41, 5.74) is 1.91. The van der Waals surface area contributed by atoms with Crippen molar-refractivity contribution in [1.29, 1.82) is 0 Å². The highest BCUT2D eigenvalue weighted by Crippen LogP contribution is 2.11. The summed E-state index contributed by atoms with van der Waals surface area (Å²) in [7, 11) is 1.40. The van der Waals surface area contributed by atoms with E-state index in [4.69, 9.17) is 9.47 Å². The standard InChI is InChI=1S/C17H25NO3/c1-5-15(17(19)20-4)10-11-18-14(3)12-21-16-8-6-13(2)7-9-16/h6-10,14,18H,5,11-12H2,1-4H3/b15-10-. The Morgan fingerprint density at radius 3 is 2.57 bits per heavy atom. The average molecular weight is 291 g/mol. The number of esters is 1. The zero-order valence-electron chi connectivity index (χ0n) is 13.3. The third kappa shape index (κ3) is 6.45. The molecule has 4 nitrogen and oxygen atoms in total. The maximum atomic E-state index is 11.4. The topological polar surface area (TPSA) is 47.6 Å². The Labute approximate surface area is 127 Å². The Balaban J connectivity index is 2.33. The number of carbonyl (C=O) groups excluding carboxylic acids is 1. The van der Waals surface area contributed by atoms with E-state index in [1.165, 1.54) is 12.7 Å². The summed E-state index contributed by atoms with van der Waals surface area (Å²) in [6.45, 7) is 7.23. The van der Waals surface area contributed by atoms with E-state index in [1.54, 1.807) is 0 Å². The quantitative estimate of drug-likeness (QED) is 0.591. The van der Waals surface area contributed by atoms with Crippen molar-refractivity contribution in [3.8, 4) is 5.75 Å². The van der Waals surface area contributed by atoms with E-state index in [9.17, 15) is 4.79 Å². The van der Waals surface area contributed by atoms with Gasteiger partial charge in [0.15, 0.2) is 0 Å². The van der Waals surface area contributed by atoms with Crippen LogP contribution < -0.4 is 10.1 Å². The molecule has 0 saturated carbocycles. The van der Waals surface area contributed by atoms with Gasteiger partial charge in [-0.15, -0.1) is 0 Å². The molecule has 1 N–H and O–H groups in total. The molecule has 0 heterocycles. The average Bonchev–Trinajstić information content (AvgIpc) is 2.50. The first kappa shape index (κ1) is 17.2. The number of aryl methyl sites for hydroxylation is 1. The molecule has 1 unspecified atom stereocenters. The molecule has 116 valence electrons. The monoisotopic (exact) mass is 291 g/mol. The lowest BCUT2D eigenvalue weighted by atomic mass is 10.2. The number of benzene rings is 1. The van der Waals surface area contributed by atoms with Crippen LogP contribution in [0, 0.1) is 6.92 Å². The number of hydrogen-bond donors (Lipinski definition) is 1. The van der Waals surface area contributed by atoms with Crippen molar-refractivity contribution in [1.82, 2.24) is 5.32 Å². The second-order valence-electron chi connectivity index (χ2n) is 5.01. The van der Waals surface area contributed by atoms with E-state index in [0.29, 0.717) is 25.1 Å². The summed E-state index contributed by atoms with van der Waals surface area (Å²) in [6, 6.07) is 8.18. The van der Waals surface area contributed by atoms with Gasteiger partial charge in [-0.2, -0.15) is 0 Å². The third-order valence-corrected chi connectivity index (χ3v) is 3.16. The van der Waals surface area contributed by atoms with Gasteiger partial charge in [-0.3, -0.25) is 0 Å². The number of hydrogen-bond acceptors (Lipinski definition) is 4. The number of rotatable bonds is 8. The van der Waals surface area contributed by atoms with Gasteiger partial charge in [0.2, 0.25) is 0 Å². The lowest BCUT2D eigenvalue weighted by molar-refractivity contribution is -0.136. The minimum atomic E-state index is -0.261. The number of carbonyl (C=O) groups is 1. The van der Waals surface area contributed by atoms with Crippen LogP contribution >= 0.6 is 0 Å². The molecule has 0 bridgehead atoms. The molecule has 21 heavy (non-hydrogen) atoms. The fraction of sp³-hybridized carbons (Fsp3) is 0.471. The summed E-state index contributed by atoms with van der Waals surface area (Å²) in [4.78, 5) is 11.4. The Kier molecular flexibility index (Phi) is 7.54. The molecule has 1 aromatic rings. The predicted molar refractivity (Wildman–Crippen MR) is 84.5 cm³/mol. The zero-order valence-corrected chi connectivity index (χ0v) is 13.3. The second kappa shape index (κ2) is 9.19. The van der Waals surface area contributed by atoms with Crippen molar-refractivity contribution in [2.24, 2.45) is 0 Å². The molecule has 0 aliphatic carbocycles. The van der Waals surface area contributed by atoms with Crippen molar-refractivity contribution >= 4 is 5.97 Å². The van der Waals surface area contributed by atoms with Crippen LogP contribution in [0.1, 0.15) is 25.8 Å². The molecule has 0 aromatic heterocycles. The van der Waals surface area contributed by atoms with E-state index in [-0.39, 0.29) is 12.0 Å². The smallest absolute Gasteiger partial charge is 0.333 e. The fourth-order valence-electron chi connectivity index (χ4n) is 1.80. The van der Waals surface area contributed by atoms with Gasteiger partial charge in [-0.25, -0.2) is 4.79 Å². The predicted octanol–water partition coefficient (Wildman–Crippen LogP) is 2.86. The van der Waals surface area contributed by atoms with Crippen molar-refractivity contribution in [2.75, 3.05) is 20.3 Å². The Hall–Kier alpha value is -1.81. The zero-order chi connectivity index (χ0) is 15.7. The van der Waals surface area contributed by atoms with E-state index in [1.807, 2.05) is 51.1 Å². The molecular formula is C17H25NO3. The van der Waals surface area contributed by atoms with Gasteiger partial charge in [-0.05, 0) is 32.4 Å². The molecule has 0 aliphatic heterocycles. The molecule has 0 aliphatic rings. The molecule has 0 amide bonds. The first-order valence-electron chi connectivity index (χ1n) is 7.27. The van der Waals surface area contributed by atoms with Crippen molar-refractivity contribution in [2.45, 2.75) is 33.2 Å². The Morgan fingerprint density at radius 2 is 2.00 bits per heavy atom. The minimum absolute atomic E-state index is 0.193. The van der Waals surface area contributed by atoms with Gasteiger partial charge in [0, 0.05) is 18.2 Å². The lowest BCUT2D eigenvalue weighted by Crippen LogP contribution is -2.32. The van der Waals surface area contributed by atoms with Gasteiger partial charge in [0.1, 0.15) is 12.4 Å². The van der Waals surface area contributed by atoms with E-state index >= 15 is 0 Å². The number of methoxy groups -OCH3 is 1. The highest BCUT2D eigenvalue weighted by molar-refractivity contribution is 5.88. The van der Waals surface area contributed by atoms with Crippen LogP contribution in [0.3, 0.4) is 0 Å². The van der Waals surface area contributed by atoms with Crippen LogP contribution in [0.15, 0.2) is 35.9 Å². The molecular weight excluding hydrogens is 266 g/mol. The van der Waals surface area contributed by atoms with Crippen molar-refractivity contribution in [3.05, 3.63) is 41.5 Å². The maximum absolute atomic E-state index is 11.4. The summed E-state index contributed by atoms with van der Waals surface area (Å²) in [5, 5.41) is 3.30. The Bertz CT molecular complexity index is 465. The van der Waals surface area contributed by atoms with Gasteiger partial charge in [0.05, 0.1) is 7.11 Å². The maximum Gasteiger partial charge on any atom is 0.333 e. The highest BCUT2D eigenvalue weighted by atomic mass is 16.5. The molecule has 0 saturated heterocycles. The summed E-state index contributed by atoms with van der Waals surface area (Å²) >= 11 is 0. The second-order valence-corrected chi connectivity index (χ2v) is 5.01. The summed E-state index contributed by atoms with van der Waals surface area (Å²) in [6.07, 6.45) is 2.54. The number of nitrogens with one attached hydrogen (secondary N) is 1. The Morgan fingerprint density at radius 1 is 1.33 bits per heavy atom. The highest BCUT2D eigenvalue weighted by Gasteiger charge is 2.07. The van der Waals surface area contributed by atoms with Crippen molar-refractivity contribution < 1.29 is 14.3 Å². The van der Waals surface area contributed by atoms with Gasteiger partial charge in [0.25, 0.3) is 0 Å². The first-order chi connectivity index (χ1) is 10.1. The van der Waals surface area contributed by atoms with Crippen LogP contribution in [0.5, 0.6) is 5.75 Å². The molecule has 4 heteroatoms. The molecule has 1 atom stereocenters. The van der Waals surface area contributed by atoms with Crippen LogP contribution in [0.25, 0.3) is 0 Å². The van der Waals surface area contributed by atoms with Crippen LogP contribution in [-0.4, -0.2) is 32.3 Å².